The van der Waals surface area contributed by atoms with Crippen molar-refractivity contribution in [1.29, 1.82) is 0 Å². The molecule has 14 heteroatoms. The molecule has 0 bridgehead atoms. The molecule has 168 valence electrons. The maximum Gasteiger partial charge on any atom is 0.190 e. The molecule has 0 heterocycles. The fourth-order valence-electron chi connectivity index (χ4n) is 0. The lowest BCUT2D eigenvalue weighted by molar-refractivity contribution is -0.00341. The molecule has 0 aromatic rings. The standard InChI is InChI=1S/C2H8N2O2.5C2H6O2/c3-2(4,6)1-5;5*3-1-2-4/h5-6H,1,3-4H2;5*3-4H,1-2H2. The Morgan fingerprint density at radius 1 is 0.385 bits per heavy atom. The maximum atomic E-state index is 8.13. The molecule has 0 atom stereocenters. The van der Waals surface area contributed by atoms with E-state index in [9.17, 15) is 0 Å². The van der Waals surface area contributed by atoms with Crippen LogP contribution in [0.5, 0.6) is 0 Å². The van der Waals surface area contributed by atoms with E-state index in [1.54, 1.807) is 0 Å². The Morgan fingerprint density at radius 3 is 0.462 bits per heavy atom. The normalized spacial score (nSPS) is 8.54. The molecule has 0 aromatic carbocycles. The summed E-state index contributed by atoms with van der Waals surface area (Å²) in [7, 11) is 0. The summed E-state index contributed by atoms with van der Waals surface area (Å²) in [4.78, 5) is 0. The van der Waals surface area contributed by atoms with Crippen molar-refractivity contribution in [3.8, 4) is 0 Å². The van der Waals surface area contributed by atoms with Crippen LogP contribution in [0.3, 0.4) is 0 Å². The highest BCUT2D eigenvalue weighted by atomic mass is 16.4. The van der Waals surface area contributed by atoms with Gasteiger partial charge in [0.1, 0.15) is 0 Å². The van der Waals surface area contributed by atoms with Crippen molar-refractivity contribution in [3.05, 3.63) is 0 Å². The second-order valence-corrected chi connectivity index (χ2v) is 3.39. The summed E-state index contributed by atoms with van der Waals surface area (Å²) in [6.45, 7) is -1.87. The zero-order valence-corrected chi connectivity index (χ0v) is 14.8. The number of rotatable bonds is 6. The van der Waals surface area contributed by atoms with Gasteiger partial charge in [0.05, 0.1) is 72.7 Å². The number of hydrogen-bond donors (Lipinski definition) is 14. The monoisotopic (exact) mass is 402 g/mol. The van der Waals surface area contributed by atoms with Crippen molar-refractivity contribution in [2.75, 3.05) is 72.7 Å². The molecule has 0 aromatic heterocycles. The molecule has 0 fully saturated rings. The predicted octanol–water partition coefficient (Wildman–Crippen LogP) is -7.60. The molecule has 0 unspecified atom stereocenters. The van der Waals surface area contributed by atoms with Gasteiger partial charge in [0, 0.05) is 0 Å². The third-order valence-corrected chi connectivity index (χ3v) is 0.753. The van der Waals surface area contributed by atoms with Gasteiger partial charge >= 0.3 is 0 Å². The highest BCUT2D eigenvalue weighted by molar-refractivity contribution is 4.54. The van der Waals surface area contributed by atoms with E-state index in [4.69, 9.17) is 61.3 Å². The van der Waals surface area contributed by atoms with Crippen LogP contribution in [0.4, 0.5) is 0 Å². The quantitative estimate of drug-likeness (QED) is 0.184. The average molecular weight is 402 g/mol. The minimum Gasteiger partial charge on any atom is -0.394 e. The van der Waals surface area contributed by atoms with Gasteiger partial charge in [0.2, 0.25) is 0 Å². The van der Waals surface area contributed by atoms with Crippen LogP contribution < -0.4 is 11.5 Å². The Balaban J connectivity index is -0.0000000466. The van der Waals surface area contributed by atoms with E-state index in [1.165, 1.54) is 0 Å². The predicted molar refractivity (Wildman–Crippen MR) is 91.3 cm³/mol. The number of aliphatic hydroxyl groups excluding tert-OH is 11. The van der Waals surface area contributed by atoms with Crippen molar-refractivity contribution in [2.24, 2.45) is 11.5 Å². The molecule has 14 nitrogen and oxygen atoms in total. The molecule has 0 spiro atoms. The summed E-state index contributed by atoms with van der Waals surface area (Å²) in [5.41, 5.74) is 9.24. The molecular formula is C12H38N2O12. The molecule has 0 rings (SSSR count). The number of aliphatic hydroxyl groups is 12. The van der Waals surface area contributed by atoms with E-state index in [2.05, 4.69) is 11.5 Å². The minimum atomic E-state index is -1.90. The van der Waals surface area contributed by atoms with E-state index in [1.807, 2.05) is 0 Å². The summed E-state index contributed by atoms with van der Waals surface area (Å²) in [5.74, 6) is -1.90. The van der Waals surface area contributed by atoms with E-state index in [-0.39, 0.29) is 66.1 Å². The topological polar surface area (TPSA) is 295 Å². The van der Waals surface area contributed by atoms with Crippen LogP contribution in [0, 0.1) is 0 Å². The highest BCUT2D eigenvalue weighted by Gasteiger charge is 2.08. The lowest BCUT2D eigenvalue weighted by atomic mass is 10.5. The van der Waals surface area contributed by atoms with Crippen molar-refractivity contribution in [1.82, 2.24) is 0 Å². The Bertz CT molecular complexity index is 130. The van der Waals surface area contributed by atoms with Gasteiger partial charge in [-0.2, -0.15) is 0 Å². The van der Waals surface area contributed by atoms with Gasteiger partial charge in [-0.1, -0.05) is 0 Å². The fraction of sp³-hybridized carbons (Fsp3) is 1.00. The largest absolute Gasteiger partial charge is 0.394 e. The van der Waals surface area contributed by atoms with Crippen molar-refractivity contribution >= 4 is 0 Å². The second-order valence-electron chi connectivity index (χ2n) is 3.39. The van der Waals surface area contributed by atoms with E-state index < -0.39 is 12.5 Å². The van der Waals surface area contributed by atoms with Crippen LogP contribution in [0.1, 0.15) is 0 Å². The van der Waals surface area contributed by atoms with E-state index >= 15 is 0 Å². The third kappa shape index (κ3) is 213. The molecular weight excluding hydrogens is 364 g/mol. The van der Waals surface area contributed by atoms with Gasteiger partial charge in [0.15, 0.2) is 5.85 Å². The fourth-order valence-corrected chi connectivity index (χ4v) is 0. The Hall–Kier alpha value is -0.560. The maximum absolute atomic E-state index is 8.13. The van der Waals surface area contributed by atoms with Gasteiger partial charge in [-0.25, -0.2) is 0 Å². The minimum absolute atomic E-state index is 0.125. The smallest absolute Gasteiger partial charge is 0.190 e. The SMILES string of the molecule is NC(N)(O)CO.OCCO.OCCO.OCCO.OCCO.OCCO. The van der Waals surface area contributed by atoms with Crippen molar-refractivity contribution in [2.45, 2.75) is 5.85 Å². The van der Waals surface area contributed by atoms with Gasteiger partial charge < -0.3 is 61.3 Å². The Morgan fingerprint density at radius 2 is 0.462 bits per heavy atom. The number of nitrogens with two attached hydrogens (primary N) is 2. The van der Waals surface area contributed by atoms with E-state index in [0.29, 0.717) is 0 Å². The first-order valence-corrected chi connectivity index (χ1v) is 7.13. The molecule has 16 N–H and O–H groups in total. The van der Waals surface area contributed by atoms with Crippen LogP contribution in [-0.4, -0.2) is 140 Å². The average Bonchev–Trinajstić information content (AvgIpc) is 2.68. The van der Waals surface area contributed by atoms with Crippen LogP contribution in [0.25, 0.3) is 0 Å². The summed E-state index contributed by atoms with van der Waals surface area (Å²) in [6.07, 6.45) is 0. The zero-order chi connectivity index (χ0) is 22.3. The number of hydrogen-bond acceptors (Lipinski definition) is 14. The van der Waals surface area contributed by atoms with Crippen molar-refractivity contribution < 1.29 is 61.3 Å². The van der Waals surface area contributed by atoms with Gasteiger partial charge in [-0.3, -0.25) is 11.5 Å². The first-order chi connectivity index (χ1) is 12.1. The Labute approximate surface area is 152 Å². The second kappa shape index (κ2) is 49.7. The summed E-state index contributed by atoms with van der Waals surface area (Å²) in [6, 6.07) is 0. The van der Waals surface area contributed by atoms with Gasteiger partial charge in [0.25, 0.3) is 0 Å². The van der Waals surface area contributed by atoms with Crippen LogP contribution in [0.15, 0.2) is 0 Å². The lowest BCUT2D eigenvalue weighted by Gasteiger charge is -2.10. The molecule has 0 saturated carbocycles. The van der Waals surface area contributed by atoms with Crippen LogP contribution in [-0.2, 0) is 0 Å². The molecule has 26 heavy (non-hydrogen) atoms. The summed E-state index contributed by atoms with van der Waals surface area (Å²) >= 11 is 0. The van der Waals surface area contributed by atoms with Crippen LogP contribution in [0.2, 0.25) is 0 Å². The highest BCUT2D eigenvalue weighted by Crippen LogP contribution is 1.72. The van der Waals surface area contributed by atoms with E-state index in [0.717, 1.165) is 0 Å². The molecule has 0 aliphatic heterocycles. The molecule has 0 aliphatic carbocycles. The van der Waals surface area contributed by atoms with Crippen LogP contribution >= 0.6 is 0 Å². The van der Waals surface area contributed by atoms with Gasteiger partial charge in [-0.15, -0.1) is 0 Å². The molecule has 0 amide bonds. The first-order valence-electron chi connectivity index (χ1n) is 7.13. The molecule has 0 aliphatic rings. The third-order valence-electron chi connectivity index (χ3n) is 0.753. The van der Waals surface area contributed by atoms with Crippen molar-refractivity contribution in [3.63, 3.8) is 0 Å². The summed E-state index contributed by atoms with van der Waals surface area (Å²) in [5, 5.41) is 92.3. The zero-order valence-electron chi connectivity index (χ0n) is 14.8. The van der Waals surface area contributed by atoms with Gasteiger partial charge in [-0.05, 0) is 0 Å². The summed E-state index contributed by atoms with van der Waals surface area (Å²) < 4.78 is 0. The molecule has 0 saturated heterocycles. The lowest BCUT2D eigenvalue weighted by Crippen LogP contribution is -2.52. The molecule has 0 radical (unpaired) electrons. The first kappa shape index (κ1) is 40.2. The Kier molecular flexibility index (Phi) is 76.8.